The van der Waals surface area contributed by atoms with Crippen LogP contribution in [0.4, 0.5) is 10.2 Å². The first-order valence-corrected chi connectivity index (χ1v) is 11.6. The summed E-state index contributed by atoms with van der Waals surface area (Å²) in [5, 5.41) is 4.74. The molecular formula is C23H15ClFN5O2S. The Kier molecular flexibility index (Phi) is 5.07. The minimum atomic E-state index is -4.08. The van der Waals surface area contributed by atoms with Crippen molar-refractivity contribution in [3.63, 3.8) is 0 Å². The Labute approximate surface area is 192 Å². The van der Waals surface area contributed by atoms with Crippen molar-refractivity contribution >= 4 is 55.7 Å². The normalized spacial score (nSPS) is 12.2. The van der Waals surface area contributed by atoms with Gasteiger partial charge in [0.05, 0.1) is 22.1 Å². The third-order valence-electron chi connectivity index (χ3n) is 5.01. The molecule has 5 rings (SSSR count). The fourth-order valence-corrected chi connectivity index (χ4v) is 5.02. The van der Waals surface area contributed by atoms with Gasteiger partial charge in [0.2, 0.25) is 9.84 Å². The summed E-state index contributed by atoms with van der Waals surface area (Å²) in [6, 6.07) is 18.5. The van der Waals surface area contributed by atoms with Gasteiger partial charge >= 0.3 is 0 Å². The van der Waals surface area contributed by atoms with Crippen LogP contribution in [-0.4, -0.2) is 29.3 Å². The van der Waals surface area contributed by atoms with Crippen molar-refractivity contribution < 1.29 is 12.8 Å². The molecule has 164 valence electrons. The van der Waals surface area contributed by atoms with Gasteiger partial charge in [0.1, 0.15) is 22.0 Å². The van der Waals surface area contributed by atoms with Crippen LogP contribution < -0.4 is 5.73 Å². The molecule has 5 aromatic rings. The Balaban J connectivity index is 1.78. The molecule has 2 heterocycles. The molecule has 0 aliphatic rings. The highest BCUT2D eigenvalue weighted by atomic mass is 35.5. The smallest absolute Gasteiger partial charge is 0.212 e. The average Bonchev–Trinajstić information content (AvgIpc) is 3.08. The van der Waals surface area contributed by atoms with E-state index in [2.05, 4.69) is 15.1 Å². The number of sulfone groups is 1. The van der Waals surface area contributed by atoms with Gasteiger partial charge in [-0.25, -0.2) is 22.8 Å². The van der Waals surface area contributed by atoms with Crippen LogP contribution in [0.5, 0.6) is 0 Å². The molecule has 0 radical (unpaired) electrons. The first-order valence-electron chi connectivity index (χ1n) is 9.72. The quantitative estimate of drug-likeness (QED) is 0.377. The SMILES string of the molecule is Nc1c(S(=O)(=O)c2ccc(Cl)cc2)c2nc3ccccc3nc2n1/N=C/c1ccc(F)cc1. The van der Waals surface area contributed by atoms with E-state index in [1.165, 1.54) is 59.4 Å². The van der Waals surface area contributed by atoms with Crippen LogP contribution in [-0.2, 0) is 9.84 Å². The Morgan fingerprint density at radius 1 is 0.939 bits per heavy atom. The fourth-order valence-electron chi connectivity index (χ4n) is 3.41. The molecule has 33 heavy (non-hydrogen) atoms. The largest absolute Gasteiger partial charge is 0.382 e. The molecule has 2 aromatic heterocycles. The van der Waals surface area contributed by atoms with E-state index in [1.54, 1.807) is 24.3 Å². The second-order valence-corrected chi connectivity index (χ2v) is 9.49. The number of nitrogens with zero attached hydrogens (tertiary/aromatic N) is 4. The van der Waals surface area contributed by atoms with Crippen LogP contribution in [0.15, 0.2) is 87.7 Å². The van der Waals surface area contributed by atoms with Gasteiger partial charge in [0, 0.05) is 5.02 Å². The number of rotatable bonds is 4. The molecule has 0 spiro atoms. The van der Waals surface area contributed by atoms with Gasteiger partial charge in [-0.15, -0.1) is 0 Å². The molecule has 0 amide bonds. The van der Waals surface area contributed by atoms with Crippen molar-refractivity contribution in [2.75, 3.05) is 5.73 Å². The number of para-hydroxylation sites is 2. The number of nitrogen functional groups attached to an aromatic ring is 1. The predicted molar refractivity (Wildman–Crippen MR) is 126 cm³/mol. The van der Waals surface area contributed by atoms with Crippen molar-refractivity contribution in [1.82, 2.24) is 14.6 Å². The molecule has 3 aromatic carbocycles. The number of hydrogen-bond donors (Lipinski definition) is 1. The van der Waals surface area contributed by atoms with E-state index in [1.807, 2.05) is 0 Å². The highest BCUT2D eigenvalue weighted by molar-refractivity contribution is 7.92. The molecule has 0 atom stereocenters. The number of nitrogens with two attached hydrogens (primary N) is 1. The van der Waals surface area contributed by atoms with E-state index in [4.69, 9.17) is 17.3 Å². The number of anilines is 1. The molecule has 0 aliphatic carbocycles. The lowest BCUT2D eigenvalue weighted by Gasteiger charge is -2.05. The highest BCUT2D eigenvalue weighted by Gasteiger charge is 2.30. The summed E-state index contributed by atoms with van der Waals surface area (Å²) >= 11 is 5.92. The van der Waals surface area contributed by atoms with Crippen molar-refractivity contribution in [2.45, 2.75) is 9.79 Å². The second kappa shape index (κ2) is 7.95. The molecular weight excluding hydrogens is 465 g/mol. The summed E-state index contributed by atoms with van der Waals surface area (Å²) in [4.78, 5) is 8.92. The zero-order valence-electron chi connectivity index (χ0n) is 16.9. The zero-order valence-corrected chi connectivity index (χ0v) is 18.4. The van der Waals surface area contributed by atoms with E-state index in [0.29, 0.717) is 21.6 Å². The maximum atomic E-state index is 13.5. The summed E-state index contributed by atoms with van der Waals surface area (Å²) in [6.07, 6.45) is 1.44. The topological polar surface area (TPSA) is 103 Å². The molecule has 0 fully saturated rings. The maximum absolute atomic E-state index is 13.5. The van der Waals surface area contributed by atoms with Crippen LogP contribution >= 0.6 is 11.6 Å². The van der Waals surface area contributed by atoms with Crippen LogP contribution in [0.3, 0.4) is 0 Å². The van der Waals surface area contributed by atoms with Crippen LogP contribution in [0.2, 0.25) is 5.02 Å². The summed E-state index contributed by atoms with van der Waals surface area (Å²) in [5.74, 6) is -0.527. The Morgan fingerprint density at radius 2 is 1.58 bits per heavy atom. The summed E-state index contributed by atoms with van der Waals surface area (Å²) in [6.45, 7) is 0. The Bertz CT molecular complexity index is 1650. The van der Waals surface area contributed by atoms with Crippen LogP contribution in [0.25, 0.3) is 22.2 Å². The van der Waals surface area contributed by atoms with E-state index in [0.717, 1.165) is 0 Å². The van der Waals surface area contributed by atoms with Crippen molar-refractivity contribution in [3.8, 4) is 0 Å². The Hall–Kier alpha value is -3.82. The van der Waals surface area contributed by atoms with Gasteiger partial charge in [-0.1, -0.05) is 35.9 Å². The summed E-state index contributed by atoms with van der Waals surface area (Å²) in [5.41, 5.74) is 8.25. The predicted octanol–water partition coefficient (Wildman–Crippen LogP) is 4.67. The molecule has 0 saturated heterocycles. The van der Waals surface area contributed by atoms with Crippen LogP contribution in [0, 0.1) is 5.82 Å². The minimum absolute atomic E-state index is 0.00937. The molecule has 0 bridgehead atoms. The third kappa shape index (κ3) is 3.71. The molecule has 2 N–H and O–H groups in total. The molecule has 0 saturated carbocycles. The van der Waals surface area contributed by atoms with E-state index in [-0.39, 0.29) is 32.6 Å². The summed E-state index contributed by atoms with van der Waals surface area (Å²) < 4.78 is 41.5. The fraction of sp³-hybridized carbons (Fsp3) is 0. The number of hydrogen-bond acceptors (Lipinski definition) is 6. The number of halogens is 2. The van der Waals surface area contributed by atoms with Crippen molar-refractivity contribution in [3.05, 3.63) is 89.2 Å². The number of fused-ring (bicyclic) bond motifs is 2. The van der Waals surface area contributed by atoms with E-state index >= 15 is 0 Å². The highest BCUT2D eigenvalue weighted by Crippen LogP contribution is 2.35. The van der Waals surface area contributed by atoms with Crippen molar-refractivity contribution in [2.24, 2.45) is 5.10 Å². The molecule has 7 nitrogen and oxygen atoms in total. The molecule has 0 aliphatic heterocycles. The van der Waals surface area contributed by atoms with Crippen LogP contribution in [0.1, 0.15) is 5.56 Å². The minimum Gasteiger partial charge on any atom is -0.382 e. The van der Waals surface area contributed by atoms with E-state index < -0.39 is 9.84 Å². The summed E-state index contributed by atoms with van der Waals surface area (Å²) in [7, 11) is -4.08. The molecule has 0 unspecified atom stereocenters. The van der Waals surface area contributed by atoms with Gasteiger partial charge < -0.3 is 5.73 Å². The second-order valence-electron chi connectivity index (χ2n) is 7.16. The van der Waals surface area contributed by atoms with Gasteiger partial charge in [-0.05, 0) is 54.1 Å². The standard InChI is InChI=1S/C23H15ClFN5O2S/c24-15-7-11-17(12-8-15)33(31,32)21-20-23(29-19-4-2-1-3-18(19)28-20)30(22(21)26)27-13-14-5-9-16(25)10-6-14/h1-13H,26H2/b27-13+. The van der Waals surface area contributed by atoms with Gasteiger partial charge in [0.25, 0.3) is 0 Å². The lowest BCUT2D eigenvalue weighted by Crippen LogP contribution is -2.06. The monoisotopic (exact) mass is 479 g/mol. The third-order valence-corrected chi connectivity index (χ3v) is 7.10. The first-order chi connectivity index (χ1) is 15.8. The van der Waals surface area contributed by atoms with Gasteiger partial charge in [-0.2, -0.15) is 9.78 Å². The Morgan fingerprint density at radius 3 is 2.24 bits per heavy atom. The first kappa shape index (κ1) is 21.0. The van der Waals surface area contributed by atoms with Crippen molar-refractivity contribution in [1.29, 1.82) is 0 Å². The number of aromatic nitrogens is 3. The average molecular weight is 480 g/mol. The van der Waals surface area contributed by atoms with Gasteiger partial charge in [-0.3, -0.25) is 0 Å². The molecule has 10 heteroatoms. The number of benzene rings is 3. The van der Waals surface area contributed by atoms with E-state index in [9.17, 15) is 12.8 Å². The lowest BCUT2D eigenvalue weighted by atomic mass is 10.2. The van der Waals surface area contributed by atoms with Gasteiger partial charge in [0.15, 0.2) is 5.65 Å². The zero-order chi connectivity index (χ0) is 23.2. The maximum Gasteiger partial charge on any atom is 0.212 e. The lowest BCUT2D eigenvalue weighted by molar-refractivity contribution is 0.597.